The summed E-state index contributed by atoms with van der Waals surface area (Å²) < 4.78 is 5.70. The van der Waals surface area contributed by atoms with E-state index in [0.29, 0.717) is 18.2 Å². The quantitative estimate of drug-likeness (QED) is 0.590. The van der Waals surface area contributed by atoms with E-state index in [1.54, 1.807) is 4.90 Å². The maximum Gasteiger partial charge on any atom is 0.316 e. The number of ether oxygens (including phenoxy) is 1. The molecule has 1 heterocycles. The number of carbonyl (C=O) groups excluding carboxylic acids is 2. The third-order valence-electron chi connectivity index (χ3n) is 5.14. The molecule has 26 heavy (non-hydrogen) atoms. The molecule has 1 amide bonds. The fourth-order valence-corrected chi connectivity index (χ4v) is 3.36. The molecule has 0 aliphatic carbocycles. The number of carbonyl (C=O) groups is 2. The number of benzene rings is 2. The van der Waals surface area contributed by atoms with Gasteiger partial charge in [0.05, 0.1) is 5.92 Å². The summed E-state index contributed by atoms with van der Waals surface area (Å²) in [7, 11) is 0. The Labute approximate surface area is 154 Å². The maximum atomic E-state index is 12.7. The highest BCUT2D eigenvalue weighted by molar-refractivity contribution is 6.00. The summed E-state index contributed by atoms with van der Waals surface area (Å²) in [6.45, 7) is 6.56. The van der Waals surface area contributed by atoms with Crippen LogP contribution in [0.5, 0.6) is 5.75 Å². The molecule has 2 aromatic rings. The first kappa shape index (κ1) is 18.2. The van der Waals surface area contributed by atoms with Crippen molar-refractivity contribution in [2.75, 3.05) is 11.4 Å². The minimum atomic E-state index is -0.438. The predicted molar refractivity (Wildman–Crippen MR) is 102 cm³/mol. The molecule has 0 N–H and O–H groups in total. The third-order valence-corrected chi connectivity index (χ3v) is 5.14. The molecule has 0 unspecified atom stereocenters. The summed E-state index contributed by atoms with van der Waals surface area (Å²) in [6.07, 6.45) is 1.16. The van der Waals surface area contributed by atoms with Crippen LogP contribution in [0.3, 0.4) is 0 Å². The van der Waals surface area contributed by atoms with Gasteiger partial charge in [-0.25, -0.2) is 0 Å². The van der Waals surface area contributed by atoms with Crippen LogP contribution in [0.1, 0.15) is 43.7 Å². The molecule has 0 saturated carbocycles. The van der Waals surface area contributed by atoms with Gasteiger partial charge in [0.1, 0.15) is 5.75 Å². The second kappa shape index (κ2) is 7.73. The Morgan fingerprint density at radius 3 is 2.62 bits per heavy atom. The summed E-state index contributed by atoms with van der Waals surface area (Å²) in [6, 6.07) is 15.4. The molecule has 2 atom stereocenters. The lowest BCUT2D eigenvalue weighted by atomic mass is 9.98. The predicted octanol–water partition coefficient (Wildman–Crippen LogP) is 4.47. The summed E-state index contributed by atoms with van der Waals surface area (Å²) in [5.74, 6) is 0.120. The van der Waals surface area contributed by atoms with Crippen molar-refractivity contribution in [1.82, 2.24) is 0 Å². The number of amides is 1. The molecule has 1 aliphatic heterocycles. The van der Waals surface area contributed by atoms with Crippen molar-refractivity contribution in [2.45, 2.75) is 39.5 Å². The molecule has 0 radical (unpaired) electrons. The van der Waals surface area contributed by atoms with Crippen LogP contribution in [0.4, 0.5) is 5.69 Å². The summed E-state index contributed by atoms with van der Waals surface area (Å²) in [5, 5.41) is 0. The molecular weight excluding hydrogens is 326 g/mol. The van der Waals surface area contributed by atoms with Gasteiger partial charge in [-0.2, -0.15) is 0 Å². The molecule has 0 aromatic heterocycles. The van der Waals surface area contributed by atoms with E-state index >= 15 is 0 Å². The van der Waals surface area contributed by atoms with Crippen molar-refractivity contribution in [1.29, 1.82) is 0 Å². The van der Waals surface area contributed by atoms with E-state index in [0.717, 1.165) is 23.2 Å². The lowest BCUT2D eigenvalue weighted by Crippen LogP contribution is -2.28. The number of aryl methyl sites for hydroxylation is 1. The largest absolute Gasteiger partial charge is 0.426 e. The molecule has 2 aromatic carbocycles. The minimum Gasteiger partial charge on any atom is -0.426 e. The Bertz CT molecular complexity index is 815. The third kappa shape index (κ3) is 3.64. The molecule has 136 valence electrons. The fourth-order valence-electron chi connectivity index (χ4n) is 3.36. The SMILES string of the molecule is CC[C@H](C)c1ccccc1OC(=O)[C@H]1CC(=O)N(c2ccccc2C)C1. The van der Waals surface area contributed by atoms with Gasteiger partial charge in [0.25, 0.3) is 0 Å². The van der Waals surface area contributed by atoms with Gasteiger partial charge in [-0.05, 0) is 42.5 Å². The second-order valence-corrected chi connectivity index (χ2v) is 6.96. The van der Waals surface area contributed by atoms with Crippen molar-refractivity contribution in [3.63, 3.8) is 0 Å². The fraction of sp³-hybridized carbons (Fsp3) is 0.364. The van der Waals surface area contributed by atoms with Crippen LogP contribution in [0.2, 0.25) is 0 Å². The van der Waals surface area contributed by atoms with Crippen LogP contribution >= 0.6 is 0 Å². The standard InChI is InChI=1S/C22H25NO3/c1-4-15(2)18-10-6-8-12-20(18)26-22(25)17-13-21(24)23(14-17)19-11-7-5-9-16(19)3/h5-12,15,17H,4,13-14H2,1-3H3/t15-,17-/m0/s1. The van der Waals surface area contributed by atoms with Crippen molar-refractivity contribution in [3.05, 3.63) is 59.7 Å². The Hall–Kier alpha value is -2.62. The highest BCUT2D eigenvalue weighted by Gasteiger charge is 2.37. The molecule has 0 bridgehead atoms. The zero-order valence-electron chi connectivity index (χ0n) is 15.6. The zero-order chi connectivity index (χ0) is 18.7. The smallest absolute Gasteiger partial charge is 0.316 e. The summed E-state index contributed by atoms with van der Waals surface area (Å²) >= 11 is 0. The van der Waals surface area contributed by atoms with E-state index in [1.807, 2.05) is 55.5 Å². The van der Waals surface area contributed by atoms with Gasteiger partial charge in [-0.1, -0.05) is 50.2 Å². The summed E-state index contributed by atoms with van der Waals surface area (Å²) in [4.78, 5) is 26.8. The highest BCUT2D eigenvalue weighted by atomic mass is 16.5. The van der Waals surface area contributed by atoms with E-state index in [1.165, 1.54) is 0 Å². The normalized spacial score (nSPS) is 18.0. The maximum absolute atomic E-state index is 12.7. The van der Waals surface area contributed by atoms with Gasteiger partial charge in [0, 0.05) is 18.7 Å². The van der Waals surface area contributed by atoms with Gasteiger partial charge < -0.3 is 9.64 Å². The molecule has 4 nitrogen and oxygen atoms in total. The number of rotatable bonds is 5. The number of hydrogen-bond acceptors (Lipinski definition) is 3. The van der Waals surface area contributed by atoms with Crippen molar-refractivity contribution >= 4 is 17.6 Å². The second-order valence-electron chi connectivity index (χ2n) is 6.96. The number of hydrogen-bond donors (Lipinski definition) is 0. The monoisotopic (exact) mass is 351 g/mol. The average Bonchev–Trinajstić information content (AvgIpc) is 3.03. The topological polar surface area (TPSA) is 46.6 Å². The van der Waals surface area contributed by atoms with Gasteiger partial charge in [-0.3, -0.25) is 9.59 Å². The van der Waals surface area contributed by atoms with Crippen molar-refractivity contribution in [2.24, 2.45) is 5.92 Å². The van der Waals surface area contributed by atoms with Crippen LogP contribution in [0.25, 0.3) is 0 Å². The van der Waals surface area contributed by atoms with Crippen molar-refractivity contribution in [3.8, 4) is 5.75 Å². The van der Waals surface area contributed by atoms with E-state index in [2.05, 4.69) is 13.8 Å². The van der Waals surface area contributed by atoms with Gasteiger partial charge in [0.2, 0.25) is 5.91 Å². The van der Waals surface area contributed by atoms with Gasteiger partial charge in [-0.15, -0.1) is 0 Å². The van der Waals surface area contributed by atoms with E-state index in [-0.39, 0.29) is 18.3 Å². The van der Waals surface area contributed by atoms with Gasteiger partial charge in [0.15, 0.2) is 0 Å². The molecule has 1 fully saturated rings. The Morgan fingerprint density at radius 1 is 1.19 bits per heavy atom. The highest BCUT2D eigenvalue weighted by Crippen LogP contribution is 2.31. The van der Waals surface area contributed by atoms with Crippen LogP contribution < -0.4 is 9.64 Å². The van der Waals surface area contributed by atoms with Crippen molar-refractivity contribution < 1.29 is 14.3 Å². The van der Waals surface area contributed by atoms with Gasteiger partial charge >= 0.3 is 5.97 Å². The molecule has 3 rings (SSSR count). The summed E-state index contributed by atoms with van der Waals surface area (Å²) in [5.41, 5.74) is 2.92. The Balaban J connectivity index is 1.74. The molecule has 1 aliphatic rings. The number of esters is 1. The molecule has 4 heteroatoms. The van der Waals surface area contributed by atoms with E-state index < -0.39 is 5.92 Å². The lowest BCUT2D eigenvalue weighted by molar-refractivity contribution is -0.139. The number of anilines is 1. The average molecular weight is 351 g/mol. The first-order chi connectivity index (χ1) is 12.5. The lowest BCUT2D eigenvalue weighted by Gasteiger charge is -2.19. The Morgan fingerprint density at radius 2 is 1.88 bits per heavy atom. The van der Waals surface area contributed by atoms with E-state index in [4.69, 9.17) is 4.74 Å². The Kier molecular flexibility index (Phi) is 5.40. The first-order valence-electron chi connectivity index (χ1n) is 9.17. The minimum absolute atomic E-state index is 0.0311. The number of para-hydroxylation sites is 2. The molecule has 1 saturated heterocycles. The number of nitrogens with zero attached hydrogens (tertiary/aromatic N) is 1. The molecule has 0 spiro atoms. The van der Waals surface area contributed by atoms with Crippen LogP contribution in [0, 0.1) is 12.8 Å². The van der Waals surface area contributed by atoms with E-state index in [9.17, 15) is 9.59 Å². The molecular formula is C22H25NO3. The first-order valence-corrected chi connectivity index (χ1v) is 9.17. The van der Waals surface area contributed by atoms with Crippen LogP contribution in [-0.4, -0.2) is 18.4 Å². The van der Waals surface area contributed by atoms with Crippen LogP contribution in [-0.2, 0) is 9.59 Å². The zero-order valence-corrected chi connectivity index (χ0v) is 15.6. The van der Waals surface area contributed by atoms with Crippen LogP contribution in [0.15, 0.2) is 48.5 Å².